The minimum Gasteiger partial charge on any atom is -0.393 e. The molecular weight excluding hydrogens is 238 g/mol. The molecular formula is C12H18ClN3O. The standard InChI is InChI=1S/C12H18ClN3O/c13-11-10-7-9(17)3-6-16(10)12(15-11)8-1-4-14-5-2-8/h8-9,14,17H,1-7H2. The van der Waals surface area contributed by atoms with Crippen molar-refractivity contribution in [2.45, 2.75) is 44.2 Å². The normalized spacial score (nSPS) is 25.9. The summed E-state index contributed by atoms with van der Waals surface area (Å²) in [7, 11) is 0. The van der Waals surface area contributed by atoms with Crippen LogP contribution in [0.3, 0.4) is 0 Å². The average molecular weight is 256 g/mol. The Morgan fingerprint density at radius 1 is 1.29 bits per heavy atom. The quantitative estimate of drug-likeness (QED) is 0.796. The molecule has 5 heteroatoms. The van der Waals surface area contributed by atoms with Gasteiger partial charge in [-0.2, -0.15) is 0 Å². The van der Waals surface area contributed by atoms with E-state index in [1.165, 1.54) is 0 Å². The first-order chi connectivity index (χ1) is 8.25. The molecule has 0 aliphatic carbocycles. The van der Waals surface area contributed by atoms with E-state index in [4.69, 9.17) is 11.6 Å². The molecule has 0 bridgehead atoms. The SMILES string of the molecule is OC1CCn2c(C3CCNCC3)nc(Cl)c2C1. The molecule has 1 atom stereocenters. The summed E-state index contributed by atoms with van der Waals surface area (Å²) in [5.74, 6) is 1.66. The second kappa shape index (κ2) is 4.59. The molecule has 0 aromatic carbocycles. The highest BCUT2D eigenvalue weighted by Gasteiger charge is 2.28. The molecule has 1 unspecified atom stereocenters. The Labute approximate surface area is 106 Å². The number of aromatic nitrogens is 2. The highest BCUT2D eigenvalue weighted by molar-refractivity contribution is 6.30. The molecule has 94 valence electrons. The Hall–Kier alpha value is -0.580. The number of hydrogen-bond acceptors (Lipinski definition) is 3. The van der Waals surface area contributed by atoms with E-state index in [1.807, 2.05) is 0 Å². The van der Waals surface area contributed by atoms with E-state index in [0.717, 1.165) is 50.4 Å². The third kappa shape index (κ3) is 2.09. The van der Waals surface area contributed by atoms with Crippen LogP contribution in [-0.4, -0.2) is 33.9 Å². The third-order valence-electron chi connectivity index (χ3n) is 3.87. The Balaban J connectivity index is 1.92. The summed E-state index contributed by atoms with van der Waals surface area (Å²) < 4.78 is 2.24. The van der Waals surface area contributed by atoms with E-state index in [-0.39, 0.29) is 6.10 Å². The lowest BCUT2D eigenvalue weighted by Crippen LogP contribution is -2.30. The fourth-order valence-electron chi connectivity index (χ4n) is 2.91. The number of imidazole rings is 1. The maximum atomic E-state index is 9.69. The first-order valence-corrected chi connectivity index (χ1v) is 6.77. The van der Waals surface area contributed by atoms with Gasteiger partial charge in [-0.05, 0) is 32.4 Å². The average Bonchev–Trinajstić information content (AvgIpc) is 2.68. The summed E-state index contributed by atoms with van der Waals surface area (Å²) in [6.07, 6.45) is 3.48. The second-order valence-electron chi connectivity index (χ2n) is 5.03. The van der Waals surface area contributed by atoms with Crippen LogP contribution in [0.1, 0.15) is 36.7 Å². The van der Waals surface area contributed by atoms with E-state index in [2.05, 4.69) is 14.9 Å². The first-order valence-electron chi connectivity index (χ1n) is 6.39. The van der Waals surface area contributed by atoms with Crippen molar-refractivity contribution >= 4 is 11.6 Å². The van der Waals surface area contributed by atoms with E-state index in [1.54, 1.807) is 0 Å². The van der Waals surface area contributed by atoms with Gasteiger partial charge >= 0.3 is 0 Å². The van der Waals surface area contributed by atoms with Gasteiger partial charge in [0.25, 0.3) is 0 Å². The highest BCUT2D eigenvalue weighted by atomic mass is 35.5. The van der Waals surface area contributed by atoms with Crippen molar-refractivity contribution < 1.29 is 5.11 Å². The zero-order valence-corrected chi connectivity index (χ0v) is 10.6. The van der Waals surface area contributed by atoms with Crippen molar-refractivity contribution in [3.8, 4) is 0 Å². The molecule has 0 radical (unpaired) electrons. The van der Waals surface area contributed by atoms with E-state index in [9.17, 15) is 5.11 Å². The maximum absolute atomic E-state index is 9.69. The summed E-state index contributed by atoms with van der Waals surface area (Å²) >= 11 is 6.19. The number of nitrogens with zero attached hydrogens (tertiary/aromatic N) is 2. The number of nitrogens with one attached hydrogen (secondary N) is 1. The first kappa shape index (κ1) is 11.5. The van der Waals surface area contributed by atoms with Gasteiger partial charge < -0.3 is 15.0 Å². The van der Waals surface area contributed by atoms with Gasteiger partial charge in [-0.3, -0.25) is 0 Å². The van der Waals surface area contributed by atoms with Crippen molar-refractivity contribution in [3.63, 3.8) is 0 Å². The van der Waals surface area contributed by atoms with Gasteiger partial charge in [0.15, 0.2) is 5.15 Å². The second-order valence-corrected chi connectivity index (χ2v) is 5.39. The molecule has 3 rings (SSSR count). The fourth-order valence-corrected chi connectivity index (χ4v) is 3.18. The van der Waals surface area contributed by atoms with Crippen molar-refractivity contribution in [3.05, 3.63) is 16.7 Å². The van der Waals surface area contributed by atoms with Crippen LogP contribution in [0.15, 0.2) is 0 Å². The molecule has 3 heterocycles. The zero-order chi connectivity index (χ0) is 11.8. The number of fused-ring (bicyclic) bond motifs is 1. The third-order valence-corrected chi connectivity index (χ3v) is 4.18. The minimum atomic E-state index is -0.252. The Kier molecular flexibility index (Phi) is 3.11. The number of halogens is 1. The molecule has 2 aliphatic rings. The number of piperidine rings is 1. The lowest BCUT2D eigenvalue weighted by atomic mass is 9.96. The summed E-state index contributed by atoms with van der Waals surface area (Å²) in [6.45, 7) is 2.98. The van der Waals surface area contributed by atoms with Crippen molar-refractivity contribution in [2.75, 3.05) is 13.1 Å². The van der Waals surface area contributed by atoms with Crippen LogP contribution in [-0.2, 0) is 13.0 Å². The smallest absolute Gasteiger partial charge is 0.150 e. The summed E-state index contributed by atoms with van der Waals surface area (Å²) in [5.41, 5.74) is 1.03. The molecule has 2 aliphatic heterocycles. The van der Waals surface area contributed by atoms with Gasteiger partial charge in [-0.15, -0.1) is 0 Å². The maximum Gasteiger partial charge on any atom is 0.150 e. The van der Waals surface area contributed by atoms with E-state index < -0.39 is 0 Å². The monoisotopic (exact) mass is 255 g/mol. The van der Waals surface area contributed by atoms with Gasteiger partial charge in [0.05, 0.1) is 11.8 Å². The van der Waals surface area contributed by atoms with Crippen LogP contribution < -0.4 is 5.32 Å². The minimum absolute atomic E-state index is 0.252. The lowest BCUT2D eigenvalue weighted by molar-refractivity contribution is 0.142. The molecule has 0 saturated carbocycles. The van der Waals surface area contributed by atoms with E-state index in [0.29, 0.717) is 17.5 Å². The van der Waals surface area contributed by atoms with Crippen molar-refractivity contribution in [1.82, 2.24) is 14.9 Å². The lowest BCUT2D eigenvalue weighted by Gasteiger charge is -2.26. The molecule has 0 spiro atoms. The number of rotatable bonds is 1. The van der Waals surface area contributed by atoms with Crippen LogP contribution in [0.2, 0.25) is 5.15 Å². The predicted octanol–water partition coefficient (Wildman–Crippen LogP) is 1.31. The molecule has 1 fully saturated rings. The molecule has 4 nitrogen and oxygen atoms in total. The van der Waals surface area contributed by atoms with Crippen LogP contribution in [0, 0.1) is 0 Å². The van der Waals surface area contributed by atoms with Gasteiger partial charge in [0.1, 0.15) is 5.82 Å². The predicted molar refractivity (Wildman–Crippen MR) is 66.4 cm³/mol. The topological polar surface area (TPSA) is 50.1 Å². The van der Waals surface area contributed by atoms with Gasteiger partial charge in [-0.1, -0.05) is 11.6 Å². The largest absolute Gasteiger partial charge is 0.393 e. The molecule has 0 amide bonds. The van der Waals surface area contributed by atoms with Crippen LogP contribution in [0.25, 0.3) is 0 Å². The number of aliphatic hydroxyl groups is 1. The summed E-state index contributed by atoms with van der Waals surface area (Å²) in [4.78, 5) is 4.54. The Morgan fingerprint density at radius 3 is 2.82 bits per heavy atom. The van der Waals surface area contributed by atoms with E-state index >= 15 is 0 Å². The Morgan fingerprint density at radius 2 is 2.06 bits per heavy atom. The van der Waals surface area contributed by atoms with Crippen molar-refractivity contribution in [2.24, 2.45) is 0 Å². The zero-order valence-electron chi connectivity index (χ0n) is 9.82. The molecule has 2 N–H and O–H groups in total. The van der Waals surface area contributed by atoms with Gasteiger partial charge in [0, 0.05) is 18.9 Å². The molecule has 1 aromatic heterocycles. The Bertz CT molecular complexity index is 412. The van der Waals surface area contributed by atoms with Crippen LogP contribution in [0.5, 0.6) is 0 Å². The highest BCUT2D eigenvalue weighted by Crippen LogP contribution is 2.31. The summed E-state index contributed by atoms with van der Waals surface area (Å²) in [5, 5.41) is 13.7. The van der Waals surface area contributed by atoms with Crippen LogP contribution >= 0.6 is 11.6 Å². The van der Waals surface area contributed by atoms with Crippen molar-refractivity contribution in [1.29, 1.82) is 0 Å². The molecule has 1 aromatic rings. The van der Waals surface area contributed by atoms with Gasteiger partial charge in [0.2, 0.25) is 0 Å². The number of aliphatic hydroxyl groups excluding tert-OH is 1. The molecule has 1 saturated heterocycles. The summed E-state index contributed by atoms with van der Waals surface area (Å²) in [6, 6.07) is 0. The van der Waals surface area contributed by atoms with Crippen LogP contribution in [0.4, 0.5) is 0 Å². The van der Waals surface area contributed by atoms with Gasteiger partial charge in [-0.25, -0.2) is 4.98 Å². The fraction of sp³-hybridized carbons (Fsp3) is 0.750. The number of hydrogen-bond donors (Lipinski definition) is 2. The molecule has 17 heavy (non-hydrogen) atoms.